The maximum Gasteiger partial charge on any atom is 0.342 e. The molecule has 8 heteroatoms. The molecule has 1 aliphatic heterocycles. The molecule has 2 amide bonds. The molecular weight excluding hydrogens is 368 g/mol. The topological polar surface area (TPSA) is 110 Å². The van der Waals surface area contributed by atoms with Gasteiger partial charge in [0.2, 0.25) is 5.91 Å². The van der Waals surface area contributed by atoms with E-state index in [0.717, 1.165) is 0 Å². The van der Waals surface area contributed by atoms with Crippen molar-refractivity contribution in [2.75, 3.05) is 19.7 Å². The summed E-state index contributed by atoms with van der Waals surface area (Å²) in [6.45, 7) is 0.407. The first kappa shape index (κ1) is 17.3. The van der Waals surface area contributed by atoms with E-state index in [4.69, 9.17) is 10.5 Å². The quantitative estimate of drug-likeness (QED) is 0.753. The lowest BCUT2D eigenvalue weighted by molar-refractivity contribution is -0.137. The second kappa shape index (κ2) is 7.45. The number of amides is 2. The monoisotopic (exact) mass is 384 g/mol. The molecule has 1 aromatic rings. The first-order valence-electron chi connectivity index (χ1n) is 7.11. The predicted molar refractivity (Wildman–Crippen MR) is 84.6 cm³/mol. The van der Waals surface area contributed by atoms with Gasteiger partial charge in [0, 0.05) is 23.5 Å². The third kappa shape index (κ3) is 4.44. The van der Waals surface area contributed by atoms with Crippen molar-refractivity contribution in [1.82, 2.24) is 4.90 Å². The van der Waals surface area contributed by atoms with Gasteiger partial charge in [0.05, 0.1) is 0 Å². The number of carbonyl (C=O) groups is 3. The van der Waals surface area contributed by atoms with Crippen molar-refractivity contribution in [2.24, 2.45) is 11.7 Å². The zero-order valence-corrected chi connectivity index (χ0v) is 13.9. The van der Waals surface area contributed by atoms with Crippen LogP contribution in [0.25, 0.3) is 0 Å². The Morgan fingerprint density at radius 1 is 1.30 bits per heavy atom. The van der Waals surface area contributed by atoms with Gasteiger partial charge >= 0.3 is 5.97 Å². The fraction of sp³-hybridized carbons (Fsp3) is 0.400. The Morgan fingerprint density at radius 2 is 1.96 bits per heavy atom. The number of benzene rings is 1. The number of phenols is 1. The molecule has 1 aromatic carbocycles. The highest BCUT2D eigenvalue weighted by atomic mass is 79.9. The first-order valence-corrected chi connectivity index (χ1v) is 7.90. The van der Waals surface area contributed by atoms with Crippen molar-refractivity contribution in [3.63, 3.8) is 0 Å². The number of halogens is 1. The number of carbonyl (C=O) groups excluding carboxylic acids is 3. The van der Waals surface area contributed by atoms with Crippen LogP contribution in [0.2, 0.25) is 0 Å². The van der Waals surface area contributed by atoms with Gasteiger partial charge < -0.3 is 20.5 Å². The van der Waals surface area contributed by atoms with Crippen LogP contribution in [0, 0.1) is 5.92 Å². The van der Waals surface area contributed by atoms with Gasteiger partial charge in [0.25, 0.3) is 5.91 Å². The molecule has 0 aliphatic carbocycles. The number of piperidine rings is 1. The standard InChI is InChI=1S/C15H17BrN2O5/c16-10-1-2-12(19)11(7-10)15(22)23-8-13(20)18-5-3-9(4-6-18)14(17)21/h1-2,7,9,19H,3-6,8H2,(H2,17,21). The molecule has 0 aromatic heterocycles. The molecule has 0 radical (unpaired) electrons. The van der Waals surface area contributed by atoms with Crippen molar-refractivity contribution in [3.8, 4) is 5.75 Å². The Balaban J connectivity index is 1.86. The third-order valence-corrected chi connectivity index (χ3v) is 4.25. The van der Waals surface area contributed by atoms with Crippen LogP contribution in [-0.2, 0) is 14.3 Å². The summed E-state index contributed by atoms with van der Waals surface area (Å²) < 4.78 is 5.56. The molecule has 1 saturated heterocycles. The number of aromatic hydroxyl groups is 1. The maximum atomic E-state index is 12.0. The van der Waals surface area contributed by atoms with E-state index in [0.29, 0.717) is 30.4 Å². The Hall–Kier alpha value is -2.09. The molecular formula is C15H17BrN2O5. The molecule has 0 bridgehead atoms. The second-order valence-electron chi connectivity index (χ2n) is 5.30. The summed E-state index contributed by atoms with van der Waals surface area (Å²) in [5.74, 6) is -1.89. The van der Waals surface area contributed by atoms with Crippen LogP contribution in [-0.4, -0.2) is 47.5 Å². The van der Waals surface area contributed by atoms with E-state index in [1.54, 1.807) is 6.07 Å². The summed E-state index contributed by atoms with van der Waals surface area (Å²) in [6.07, 6.45) is 1.03. The number of esters is 1. The Morgan fingerprint density at radius 3 is 2.57 bits per heavy atom. The highest BCUT2D eigenvalue weighted by molar-refractivity contribution is 9.10. The van der Waals surface area contributed by atoms with E-state index in [1.807, 2.05) is 0 Å². The smallest absolute Gasteiger partial charge is 0.342 e. The normalized spacial score (nSPS) is 15.3. The van der Waals surface area contributed by atoms with E-state index in [1.165, 1.54) is 17.0 Å². The molecule has 3 N–H and O–H groups in total. The van der Waals surface area contributed by atoms with Gasteiger partial charge in [0.1, 0.15) is 11.3 Å². The van der Waals surface area contributed by atoms with Crippen molar-refractivity contribution < 1.29 is 24.2 Å². The van der Waals surface area contributed by atoms with Crippen LogP contribution in [0.3, 0.4) is 0 Å². The van der Waals surface area contributed by atoms with Crippen LogP contribution >= 0.6 is 15.9 Å². The number of hydrogen-bond donors (Lipinski definition) is 2. The Kier molecular flexibility index (Phi) is 5.59. The van der Waals surface area contributed by atoms with E-state index in [2.05, 4.69) is 15.9 Å². The fourth-order valence-electron chi connectivity index (χ4n) is 2.38. The summed E-state index contributed by atoms with van der Waals surface area (Å²) in [5, 5.41) is 9.64. The molecule has 1 heterocycles. The minimum Gasteiger partial charge on any atom is -0.507 e. The molecule has 0 atom stereocenters. The first-order chi connectivity index (χ1) is 10.9. The summed E-state index contributed by atoms with van der Waals surface area (Å²) >= 11 is 3.19. The minimum atomic E-state index is -0.774. The number of primary amides is 1. The average molecular weight is 385 g/mol. The summed E-state index contributed by atoms with van der Waals surface area (Å²) in [6, 6.07) is 4.36. The molecule has 0 unspecified atom stereocenters. The molecule has 7 nitrogen and oxygen atoms in total. The number of ether oxygens (including phenoxy) is 1. The van der Waals surface area contributed by atoms with Crippen molar-refractivity contribution in [2.45, 2.75) is 12.8 Å². The van der Waals surface area contributed by atoms with Gasteiger partial charge in [-0.15, -0.1) is 0 Å². The van der Waals surface area contributed by atoms with Gasteiger partial charge in [-0.1, -0.05) is 15.9 Å². The third-order valence-electron chi connectivity index (χ3n) is 3.76. The number of rotatable bonds is 4. The summed E-state index contributed by atoms with van der Waals surface area (Å²) in [4.78, 5) is 36.6. The van der Waals surface area contributed by atoms with Crippen LogP contribution in [0.1, 0.15) is 23.2 Å². The number of phenolic OH excluding ortho intramolecular Hbond substituents is 1. The van der Waals surface area contributed by atoms with E-state index in [9.17, 15) is 19.5 Å². The molecule has 0 spiro atoms. The lowest BCUT2D eigenvalue weighted by atomic mass is 9.96. The van der Waals surface area contributed by atoms with Gasteiger partial charge in [-0.3, -0.25) is 9.59 Å². The number of nitrogens with two attached hydrogens (primary N) is 1. The van der Waals surface area contributed by atoms with Gasteiger partial charge in [0.15, 0.2) is 6.61 Å². The molecule has 1 aliphatic rings. The number of likely N-dealkylation sites (tertiary alicyclic amines) is 1. The lowest BCUT2D eigenvalue weighted by Gasteiger charge is -2.30. The average Bonchev–Trinajstić information content (AvgIpc) is 2.54. The SMILES string of the molecule is NC(=O)C1CCN(C(=O)COC(=O)c2cc(Br)ccc2O)CC1. The zero-order valence-electron chi connectivity index (χ0n) is 12.3. The van der Waals surface area contributed by atoms with Crippen LogP contribution < -0.4 is 5.73 Å². The van der Waals surface area contributed by atoms with Gasteiger partial charge in [-0.25, -0.2) is 4.79 Å². The summed E-state index contributed by atoms with van der Waals surface area (Å²) in [7, 11) is 0. The van der Waals surface area contributed by atoms with Gasteiger partial charge in [-0.2, -0.15) is 0 Å². The fourth-order valence-corrected chi connectivity index (χ4v) is 2.74. The van der Waals surface area contributed by atoms with Gasteiger partial charge in [-0.05, 0) is 31.0 Å². The molecule has 1 fully saturated rings. The van der Waals surface area contributed by atoms with Crippen molar-refractivity contribution in [3.05, 3.63) is 28.2 Å². The lowest BCUT2D eigenvalue weighted by Crippen LogP contribution is -2.43. The van der Waals surface area contributed by atoms with Crippen LogP contribution in [0.5, 0.6) is 5.75 Å². The van der Waals surface area contributed by atoms with E-state index < -0.39 is 12.6 Å². The van der Waals surface area contributed by atoms with Crippen molar-refractivity contribution >= 4 is 33.7 Å². The largest absolute Gasteiger partial charge is 0.507 e. The van der Waals surface area contributed by atoms with Crippen LogP contribution in [0.15, 0.2) is 22.7 Å². The van der Waals surface area contributed by atoms with Crippen LogP contribution in [0.4, 0.5) is 0 Å². The molecule has 23 heavy (non-hydrogen) atoms. The Labute approximate surface area is 141 Å². The Bertz CT molecular complexity index is 626. The summed E-state index contributed by atoms with van der Waals surface area (Å²) in [5.41, 5.74) is 5.22. The molecule has 2 rings (SSSR count). The minimum absolute atomic E-state index is 0.0142. The number of hydrogen-bond acceptors (Lipinski definition) is 5. The second-order valence-corrected chi connectivity index (χ2v) is 6.21. The highest BCUT2D eigenvalue weighted by Crippen LogP contribution is 2.22. The van der Waals surface area contributed by atoms with E-state index >= 15 is 0 Å². The maximum absolute atomic E-state index is 12.0. The van der Waals surface area contributed by atoms with Crippen molar-refractivity contribution in [1.29, 1.82) is 0 Å². The van der Waals surface area contributed by atoms with E-state index in [-0.39, 0.29) is 29.0 Å². The number of nitrogens with zero attached hydrogens (tertiary/aromatic N) is 1. The molecule has 124 valence electrons. The molecule has 0 saturated carbocycles. The zero-order chi connectivity index (χ0) is 17.0. The highest BCUT2D eigenvalue weighted by Gasteiger charge is 2.26. The predicted octanol–water partition coefficient (Wildman–Crippen LogP) is 1.04.